The van der Waals surface area contributed by atoms with Gasteiger partial charge in [0.25, 0.3) is 0 Å². The van der Waals surface area contributed by atoms with Gasteiger partial charge < -0.3 is 4.90 Å². The van der Waals surface area contributed by atoms with Gasteiger partial charge in [0.05, 0.1) is 16.6 Å². The van der Waals surface area contributed by atoms with Crippen LogP contribution < -0.4 is 0 Å². The van der Waals surface area contributed by atoms with Gasteiger partial charge >= 0.3 is 0 Å². The largest absolute Gasteiger partial charge is 0.309 e. The summed E-state index contributed by atoms with van der Waals surface area (Å²) in [4.78, 5) is 4.98. The third-order valence-corrected chi connectivity index (χ3v) is 5.75. The van der Waals surface area contributed by atoms with E-state index in [1.807, 2.05) is 18.3 Å². The Labute approximate surface area is 150 Å². The molecule has 0 amide bonds. The van der Waals surface area contributed by atoms with E-state index in [2.05, 4.69) is 39.7 Å². The SMILES string of the molecule is CN(C)CCC1CN(Cc2ccc(S(C)(=O)=O)cc2)Cc2ccnn21. The average Bonchev–Trinajstić information content (AvgIpc) is 3.00. The molecule has 1 aliphatic heterocycles. The maximum absolute atomic E-state index is 11.6. The third-order valence-electron chi connectivity index (χ3n) is 4.62. The van der Waals surface area contributed by atoms with Crippen LogP contribution in [0, 0.1) is 0 Å². The molecule has 1 aromatic carbocycles. The van der Waals surface area contributed by atoms with Gasteiger partial charge in [-0.2, -0.15) is 5.10 Å². The molecule has 1 atom stereocenters. The van der Waals surface area contributed by atoms with Crippen molar-refractivity contribution in [3.63, 3.8) is 0 Å². The molecule has 1 aromatic heterocycles. The first kappa shape index (κ1) is 18.1. The predicted molar refractivity (Wildman–Crippen MR) is 98.1 cm³/mol. The quantitative estimate of drug-likeness (QED) is 0.784. The molecule has 0 aliphatic carbocycles. The molecule has 136 valence electrons. The molecule has 7 heteroatoms. The minimum Gasteiger partial charge on any atom is -0.309 e. The van der Waals surface area contributed by atoms with E-state index in [-0.39, 0.29) is 0 Å². The smallest absolute Gasteiger partial charge is 0.175 e. The van der Waals surface area contributed by atoms with Crippen molar-refractivity contribution in [2.24, 2.45) is 0 Å². The summed E-state index contributed by atoms with van der Waals surface area (Å²) in [5.41, 5.74) is 2.37. The summed E-state index contributed by atoms with van der Waals surface area (Å²) in [6.45, 7) is 3.66. The van der Waals surface area contributed by atoms with E-state index in [4.69, 9.17) is 0 Å². The molecule has 1 aliphatic rings. The van der Waals surface area contributed by atoms with Crippen molar-refractivity contribution in [2.45, 2.75) is 30.4 Å². The summed E-state index contributed by atoms with van der Waals surface area (Å²) in [6, 6.07) is 9.68. The van der Waals surface area contributed by atoms with Gasteiger partial charge in [-0.25, -0.2) is 8.42 Å². The van der Waals surface area contributed by atoms with Crippen LogP contribution in [0.1, 0.15) is 23.7 Å². The second kappa shape index (κ2) is 7.27. The first-order valence-electron chi connectivity index (χ1n) is 8.51. The molecule has 0 N–H and O–H groups in total. The van der Waals surface area contributed by atoms with Crippen LogP contribution in [0.15, 0.2) is 41.4 Å². The lowest BCUT2D eigenvalue weighted by molar-refractivity contribution is 0.155. The van der Waals surface area contributed by atoms with Crippen LogP contribution in [0.4, 0.5) is 0 Å². The number of aromatic nitrogens is 2. The zero-order chi connectivity index (χ0) is 18.0. The highest BCUT2D eigenvalue weighted by Crippen LogP contribution is 2.24. The van der Waals surface area contributed by atoms with Gasteiger partial charge in [-0.1, -0.05) is 12.1 Å². The minimum absolute atomic E-state index is 0.372. The van der Waals surface area contributed by atoms with Crippen LogP contribution in [0.3, 0.4) is 0 Å². The third kappa shape index (κ3) is 4.48. The van der Waals surface area contributed by atoms with Gasteiger partial charge in [0.15, 0.2) is 9.84 Å². The Bertz CT molecular complexity index is 812. The summed E-state index contributed by atoms with van der Waals surface area (Å²) < 4.78 is 25.3. The molecule has 0 radical (unpaired) electrons. The van der Waals surface area contributed by atoms with Crippen LogP contribution in [-0.2, 0) is 22.9 Å². The van der Waals surface area contributed by atoms with Gasteiger partial charge in [0, 0.05) is 32.1 Å². The summed E-state index contributed by atoms with van der Waals surface area (Å²) in [5.74, 6) is 0. The van der Waals surface area contributed by atoms with E-state index in [0.29, 0.717) is 10.9 Å². The molecule has 0 fully saturated rings. The lowest BCUT2D eigenvalue weighted by atomic mass is 10.1. The highest BCUT2D eigenvalue weighted by Gasteiger charge is 2.25. The molecule has 1 unspecified atom stereocenters. The number of rotatable bonds is 6. The van der Waals surface area contributed by atoms with E-state index < -0.39 is 9.84 Å². The number of sulfone groups is 1. The van der Waals surface area contributed by atoms with Crippen LogP contribution in [0.25, 0.3) is 0 Å². The Kier molecular flexibility index (Phi) is 5.27. The normalized spacial score (nSPS) is 18.5. The average molecular weight is 362 g/mol. The van der Waals surface area contributed by atoms with Crippen molar-refractivity contribution in [2.75, 3.05) is 33.4 Å². The lowest BCUT2D eigenvalue weighted by Crippen LogP contribution is -2.38. The van der Waals surface area contributed by atoms with Crippen molar-refractivity contribution < 1.29 is 8.42 Å². The van der Waals surface area contributed by atoms with Crippen LogP contribution in [0.5, 0.6) is 0 Å². The first-order chi connectivity index (χ1) is 11.8. The van der Waals surface area contributed by atoms with Crippen molar-refractivity contribution in [1.82, 2.24) is 19.6 Å². The second-order valence-corrected chi connectivity index (χ2v) is 9.11. The monoisotopic (exact) mass is 362 g/mol. The van der Waals surface area contributed by atoms with E-state index in [1.165, 1.54) is 11.9 Å². The standard InChI is InChI=1S/C18H26N4O2S/c1-20(2)11-9-17-14-21(13-16-8-10-19-22(16)17)12-15-4-6-18(7-5-15)25(3,23)24/h4-8,10,17H,9,11-14H2,1-3H3. The Balaban J connectivity index is 1.71. The number of benzene rings is 1. The second-order valence-electron chi connectivity index (χ2n) is 7.10. The molecule has 2 heterocycles. The van der Waals surface area contributed by atoms with Crippen LogP contribution in [0.2, 0.25) is 0 Å². The molecule has 3 rings (SSSR count). The molecule has 25 heavy (non-hydrogen) atoms. The number of hydrogen-bond donors (Lipinski definition) is 0. The number of hydrogen-bond acceptors (Lipinski definition) is 5. The van der Waals surface area contributed by atoms with E-state index in [0.717, 1.165) is 38.2 Å². The van der Waals surface area contributed by atoms with Crippen LogP contribution >= 0.6 is 0 Å². The molecule has 2 aromatic rings. The lowest BCUT2D eigenvalue weighted by Gasteiger charge is -2.34. The zero-order valence-electron chi connectivity index (χ0n) is 15.1. The van der Waals surface area contributed by atoms with E-state index in [9.17, 15) is 8.42 Å². The van der Waals surface area contributed by atoms with Gasteiger partial charge in [0.1, 0.15) is 0 Å². The Morgan fingerprint density at radius 3 is 2.56 bits per heavy atom. The molecular formula is C18H26N4O2S. The van der Waals surface area contributed by atoms with Gasteiger partial charge in [0.2, 0.25) is 0 Å². The maximum atomic E-state index is 11.6. The first-order valence-corrected chi connectivity index (χ1v) is 10.4. The Hall–Kier alpha value is -1.70. The fourth-order valence-electron chi connectivity index (χ4n) is 3.31. The number of fused-ring (bicyclic) bond motifs is 1. The minimum atomic E-state index is -3.14. The Morgan fingerprint density at radius 2 is 1.92 bits per heavy atom. The van der Waals surface area contributed by atoms with Crippen LogP contribution in [-0.4, -0.2) is 61.4 Å². The molecule has 0 bridgehead atoms. The Morgan fingerprint density at radius 1 is 1.20 bits per heavy atom. The fourth-order valence-corrected chi connectivity index (χ4v) is 3.94. The molecular weight excluding hydrogens is 336 g/mol. The fraction of sp³-hybridized carbons (Fsp3) is 0.500. The summed E-state index contributed by atoms with van der Waals surface area (Å²) >= 11 is 0. The van der Waals surface area contributed by atoms with Crippen molar-refractivity contribution in [1.29, 1.82) is 0 Å². The summed E-state index contributed by atoms with van der Waals surface area (Å²) in [5, 5.41) is 4.50. The topological polar surface area (TPSA) is 58.4 Å². The highest BCUT2D eigenvalue weighted by atomic mass is 32.2. The maximum Gasteiger partial charge on any atom is 0.175 e. The van der Waals surface area contributed by atoms with Gasteiger partial charge in [-0.05, 0) is 50.8 Å². The number of nitrogens with zero attached hydrogens (tertiary/aromatic N) is 4. The van der Waals surface area contributed by atoms with Crippen molar-refractivity contribution in [3.8, 4) is 0 Å². The van der Waals surface area contributed by atoms with Crippen molar-refractivity contribution in [3.05, 3.63) is 47.8 Å². The van der Waals surface area contributed by atoms with Gasteiger partial charge in [-0.3, -0.25) is 9.58 Å². The van der Waals surface area contributed by atoms with Crippen molar-refractivity contribution >= 4 is 9.84 Å². The predicted octanol–water partition coefficient (Wildman–Crippen LogP) is 1.80. The van der Waals surface area contributed by atoms with E-state index >= 15 is 0 Å². The molecule has 0 spiro atoms. The summed E-state index contributed by atoms with van der Waals surface area (Å²) in [7, 11) is 1.04. The van der Waals surface area contributed by atoms with E-state index in [1.54, 1.807) is 12.1 Å². The highest BCUT2D eigenvalue weighted by molar-refractivity contribution is 7.90. The molecule has 0 saturated carbocycles. The summed E-state index contributed by atoms with van der Waals surface area (Å²) in [6.07, 6.45) is 4.18. The molecule has 6 nitrogen and oxygen atoms in total. The zero-order valence-corrected chi connectivity index (χ0v) is 15.9. The molecule has 0 saturated heterocycles. The van der Waals surface area contributed by atoms with Gasteiger partial charge in [-0.15, -0.1) is 0 Å².